The lowest BCUT2D eigenvalue weighted by Crippen LogP contribution is -2.46. The number of unbranched alkanes of at least 4 members (excludes halogenated alkanes) is 1. The zero-order valence-electron chi connectivity index (χ0n) is 11.7. The molecule has 0 radical (unpaired) electrons. The van der Waals surface area contributed by atoms with E-state index in [0.717, 1.165) is 31.7 Å². The lowest BCUT2D eigenvalue weighted by Gasteiger charge is -2.36. The fourth-order valence-electron chi connectivity index (χ4n) is 2.05. The summed E-state index contributed by atoms with van der Waals surface area (Å²) in [6, 6.07) is 0. The molecule has 1 saturated heterocycles. The van der Waals surface area contributed by atoms with Gasteiger partial charge in [0, 0.05) is 23.6 Å². The summed E-state index contributed by atoms with van der Waals surface area (Å²) in [5.41, 5.74) is 0. The number of nitrogens with zero attached hydrogens (tertiary/aromatic N) is 1. The van der Waals surface area contributed by atoms with Crippen molar-refractivity contribution in [1.82, 2.24) is 9.62 Å². The Morgan fingerprint density at radius 2 is 2.06 bits per heavy atom. The highest BCUT2D eigenvalue weighted by atomic mass is 32.2. The Balaban J connectivity index is 2.38. The SMILES string of the molecule is CCNCCCCS(=O)(=O)N1CCSC(C)(C)C1. The molecule has 0 atom stereocenters. The van der Waals surface area contributed by atoms with Gasteiger partial charge in [0.2, 0.25) is 10.0 Å². The summed E-state index contributed by atoms with van der Waals surface area (Å²) in [5.74, 6) is 1.20. The molecule has 0 saturated carbocycles. The van der Waals surface area contributed by atoms with Gasteiger partial charge in [-0.3, -0.25) is 0 Å². The molecule has 108 valence electrons. The molecule has 1 rings (SSSR count). The third-order valence-corrected chi connectivity index (χ3v) is 6.24. The molecule has 0 amide bonds. The Morgan fingerprint density at radius 1 is 1.33 bits per heavy atom. The van der Waals surface area contributed by atoms with Crippen molar-refractivity contribution in [2.24, 2.45) is 0 Å². The smallest absolute Gasteiger partial charge is 0.214 e. The van der Waals surface area contributed by atoms with E-state index in [1.54, 1.807) is 4.31 Å². The highest BCUT2D eigenvalue weighted by molar-refractivity contribution is 8.00. The summed E-state index contributed by atoms with van der Waals surface area (Å²) in [7, 11) is -3.05. The Morgan fingerprint density at radius 3 is 2.67 bits per heavy atom. The lowest BCUT2D eigenvalue weighted by atomic mass is 10.2. The molecule has 0 aromatic heterocycles. The fourth-order valence-corrected chi connectivity index (χ4v) is 5.08. The summed E-state index contributed by atoms with van der Waals surface area (Å²) < 4.78 is 26.1. The Bertz CT molecular complexity index is 342. The number of hydrogen-bond donors (Lipinski definition) is 1. The van der Waals surface area contributed by atoms with Crippen LogP contribution in [0, 0.1) is 0 Å². The van der Waals surface area contributed by atoms with Crippen molar-refractivity contribution in [3.63, 3.8) is 0 Å². The van der Waals surface area contributed by atoms with Gasteiger partial charge in [-0.05, 0) is 39.8 Å². The summed E-state index contributed by atoms with van der Waals surface area (Å²) in [6.07, 6.45) is 1.68. The maximum atomic E-state index is 12.2. The van der Waals surface area contributed by atoms with E-state index in [4.69, 9.17) is 0 Å². The van der Waals surface area contributed by atoms with Gasteiger partial charge in [0.1, 0.15) is 0 Å². The quantitative estimate of drug-likeness (QED) is 0.724. The first-order chi connectivity index (χ1) is 8.37. The number of sulfonamides is 1. The molecule has 18 heavy (non-hydrogen) atoms. The van der Waals surface area contributed by atoms with Crippen molar-refractivity contribution in [3.05, 3.63) is 0 Å². The minimum absolute atomic E-state index is 0.0507. The molecule has 1 N–H and O–H groups in total. The predicted octanol–water partition coefficient (Wildman–Crippen LogP) is 1.53. The van der Waals surface area contributed by atoms with Crippen LogP contribution in [0.15, 0.2) is 0 Å². The van der Waals surface area contributed by atoms with E-state index in [2.05, 4.69) is 26.1 Å². The molecule has 0 unspecified atom stereocenters. The minimum atomic E-state index is -3.05. The van der Waals surface area contributed by atoms with Crippen LogP contribution in [-0.2, 0) is 10.0 Å². The lowest BCUT2D eigenvalue weighted by molar-refractivity contribution is 0.386. The van der Waals surface area contributed by atoms with Gasteiger partial charge < -0.3 is 5.32 Å². The summed E-state index contributed by atoms with van der Waals surface area (Å²) >= 11 is 1.86. The fraction of sp³-hybridized carbons (Fsp3) is 1.00. The summed E-state index contributed by atoms with van der Waals surface area (Å²) in [6.45, 7) is 9.47. The molecule has 1 aliphatic rings. The number of thioether (sulfide) groups is 1. The highest BCUT2D eigenvalue weighted by Gasteiger charge is 2.33. The van der Waals surface area contributed by atoms with Crippen molar-refractivity contribution in [1.29, 1.82) is 0 Å². The number of hydrogen-bond acceptors (Lipinski definition) is 4. The third kappa shape index (κ3) is 5.47. The maximum absolute atomic E-state index is 12.2. The van der Waals surface area contributed by atoms with Gasteiger partial charge in [0.05, 0.1) is 5.75 Å². The minimum Gasteiger partial charge on any atom is -0.317 e. The highest BCUT2D eigenvalue weighted by Crippen LogP contribution is 2.30. The molecule has 4 nitrogen and oxygen atoms in total. The molecule has 0 aromatic carbocycles. The first-order valence-corrected chi connectivity index (χ1v) is 9.29. The first kappa shape index (κ1) is 16.3. The number of rotatable bonds is 7. The Kier molecular flexibility index (Phi) is 6.44. The normalized spacial score (nSPS) is 21.1. The second-order valence-corrected chi connectivity index (χ2v) is 9.21. The van der Waals surface area contributed by atoms with Crippen molar-refractivity contribution in [2.45, 2.75) is 38.4 Å². The van der Waals surface area contributed by atoms with Crippen LogP contribution in [0.5, 0.6) is 0 Å². The second kappa shape index (κ2) is 7.12. The molecule has 6 heteroatoms. The zero-order valence-corrected chi connectivity index (χ0v) is 13.4. The monoisotopic (exact) mass is 294 g/mol. The zero-order chi connectivity index (χ0) is 13.6. The van der Waals surface area contributed by atoms with E-state index >= 15 is 0 Å². The molecule has 0 bridgehead atoms. The molecular weight excluding hydrogens is 268 g/mol. The van der Waals surface area contributed by atoms with Crippen LogP contribution in [-0.4, -0.2) is 55.2 Å². The van der Waals surface area contributed by atoms with Gasteiger partial charge in [0.25, 0.3) is 0 Å². The van der Waals surface area contributed by atoms with Crippen LogP contribution >= 0.6 is 11.8 Å². The van der Waals surface area contributed by atoms with E-state index in [1.807, 2.05) is 11.8 Å². The van der Waals surface area contributed by atoms with Gasteiger partial charge in [-0.25, -0.2) is 8.42 Å². The van der Waals surface area contributed by atoms with E-state index in [-0.39, 0.29) is 4.75 Å². The molecule has 1 heterocycles. The van der Waals surface area contributed by atoms with Crippen LogP contribution in [0.25, 0.3) is 0 Å². The van der Waals surface area contributed by atoms with Gasteiger partial charge in [-0.15, -0.1) is 0 Å². The molecule has 0 aliphatic carbocycles. The van der Waals surface area contributed by atoms with Crippen LogP contribution in [0.4, 0.5) is 0 Å². The van der Waals surface area contributed by atoms with Gasteiger partial charge in [-0.1, -0.05) is 6.92 Å². The summed E-state index contributed by atoms with van der Waals surface area (Å²) in [5, 5.41) is 3.22. The standard InChI is InChI=1S/C12H26N2O2S2/c1-4-13-7-5-6-10-18(15,16)14-8-9-17-12(2,3)11-14/h13H,4-11H2,1-3H3. The predicted molar refractivity (Wildman–Crippen MR) is 79.7 cm³/mol. The van der Waals surface area contributed by atoms with Gasteiger partial charge >= 0.3 is 0 Å². The molecule has 1 aliphatic heterocycles. The summed E-state index contributed by atoms with van der Waals surface area (Å²) in [4.78, 5) is 0. The molecule has 0 spiro atoms. The van der Waals surface area contributed by atoms with Crippen molar-refractivity contribution < 1.29 is 8.42 Å². The third-order valence-electron chi connectivity index (χ3n) is 3.04. The Hall–Kier alpha value is 0.220. The second-order valence-electron chi connectivity index (χ2n) is 5.32. The largest absolute Gasteiger partial charge is 0.317 e. The van der Waals surface area contributed by atoms with Crippen LogP contribution in [0.2, 0.25) is 0 Å². The molecule has 0 aromatic rings. The van der Waals surface area contributed by atoms with Crippen molar-refractivity contribution in [2.75, 3.05) is 37.7 Å². The van der Waals surface area contributed by atoms with Crippen LogP contribution in [0.1, 0.15) is 33.6 Å². The van der Waals surface area contributed by atoms with E-state index in [0.29, 0.717) is 18.8 Å². The number of nitrogens with one attached hydrogen (secondary N) is 1. The maximum Gasteiger partial charge on any atom is 0.214 e. The van der Waals surface area contributed by atoms with Crippen molar-refractivity contribution >= 4 is 21.8 Å². The van der Waals surface area contributed by atoms with Crippen LogP contribution in [0.3, 0.4) is 0 Å². The average Bonchev–Trinajstić information content (AvgIpc) is 2.27. The first-order valence-electron chi connectivity index (χ1n) is 6.70. The van der Waals surface area contributed by atoms with Crippen LogP contribution < -0.4 is 5.32 Å². The van der Waals surface area contributed by atoms with E-state index < -0.39 is 10.0 Å². The van der Waals surface area contributed by atoms with E-state index in [9.17, 15) is 8.42 Å². The average molecular weight is 294 g/mol. The van der Waals surface area contributed by atoms with Gasteiger partial charge in [-0.2, -0.15) is 16.1 Å². The Labute approximate surface area is 116 Å². The van der Waals surface area contributed by atoms with Crippen molar-refractivity contribution in [3.8, 4) is 0 Å². The molecular formula is C12H26N2O2S2. The van der Waals surface area contributed by atoms with Gasteiger partial charge in [0.15, 0.2) is 0 Å². The topological polar surface area (TPSA) is 49.4 Å². The molecule has 1 fully saturated rings. The van der Waals surface area contributed by atoms with E-state index in [1.165, 1.54) is 0 Å².